The van der Waals surface area contributed by atoms with Crippen LogP contribution >= 0.6 is 11.6 Å². The van der Waals surface area contributed by atoms with Crippen molar-refractivity contribution in [3.05, 3.63) is 41.6 Å². The Morgan fingerprint density at radius 1 is 1.36 bits per heavy atom. The summed E-state index contributed by atoms with van der Waals surface area (Å²) in [7, 11) is 0. The molecule has 2 aromatic rings. The lowest BCUT2D eigenvalue weighted by Gasteiger charge is -1.95. The van der Waals surface area contributed by atoms with Crippen LogP contribution in [0.1, 0.15) is 0 Å². The van der Waals surface area contributed by atoms with Crippen molar-refractivity contribution in [1.29, 1.82) is 0 Å². The first-order valence-corrected chi connectivity index (χ1v) is 3.66. The molecule has 2 heteroatoms. The van der Waals surface area contributed by atoms with Crippen molar-refractivity contribution in [3.63, 3.8) is 0 Å². The minimum atomic E-state index is 0.680. The van der Waals surface area contributed by atoms with E-state index >= 15 is 0 Å². The van der Waals surface area contributed by atoms with Crippen molar-refractivity contribution in [1.82, 2.24) is 4.98 Å². The van der Waals surface area contributed by atoms with Crippen molar-refractivity contribution >= 4 is 22.5 Å². The Morgan fingerprint density at radius 3 is 3.09 bits per heavy atom. The molecule has 0 aliphatic heterocycles. The molecule has 1 aromatic heterocycles. The van der Waals surface area contributed by atoms with E-state index in [1.54, 1.807) is 18.3 Å². The van der Waals surface area contributed by atoms with Gasteiger partial charge in [0.1, 0.15) is 0 Å². The first-order chi connectivity index (χ1) is 5.38. The number of rotatable bonds is 0. The molecule has 0 aliphatic carbocycles. The van der Waals surface area contributed by atoms with Crippen molar-refractivity contribution in [3.8, 4) is 0 Å². The summed E-state index contributed by atoms with van der Waals surface area (Å²) in [5, 5.41) is 1.64. The number of aromatic nitrogens is 1. The zero-order chi connectivity index (χ0) is 7.68. The van der Waals surface area contributed by atoms with Gasteiger partial charge < -0.3 is 0 Å². The summed E-state index contributed by atoms with van der Waals surface area (Å²) >= 11 is 5.87. The molecular formula is C9H5ClN. The smallest absolute Gasteiger partial charge is 0.0894 e. The van der Waals surface area contributed by atoms with E-state index in [2.05, 4.69) is 11.1 Å². The van der Waals surface area contributed by atoms with Gasteiger partial charge in [-0.15, -0.1) is 0 Å². The van der Waals surface area contributed by atoms with E-state index in [4.69, 9.17) is 11.6 Å². The van der Waals surface area contributed by atoms with Crippen LogP contribution in [-0.4, -0.2) is 4.98 Å². The number of hydrogen-bond donors (Lipinski definition) is 0. The van der Waals surface area contributed by atoms with Gasteiger partial charge in [0.2, 0.25) is 0 Å². The summed E-state index contributed by atoms with van der Waals surface area (Å²) in [5.41, 5.74) is 0.816. The van der Waals surface area contributed by atoms with Gasteiger partial charge in [-0.1, -0.05) is 23.7 Å². The summed E-state index contributed by atoms with van der Waals surface area (Å²) in [5.74, 6) is 0. The van der Waals surface area contributed by atoms with E-state index < -0.39 is 0 Å². The minimum Gasteiger partial charge on any atom is -0.255 e. The first kappa shape index (κ1) is 6.62. The third-order valence-corrected chi connectivity index (χ3v) is 1.81. The molecule has 1 aromatic carbocycles. The molecule has 53 valence electrons. The van der Waals surface area contributed by atoms with Gasteiger partial charge in [-0.05, 0) is 18.2 Å². The molecule has 0 bridgehead atoms. The second kappa shape index (κ2) is 2.51. The summed E-state index contributed by atoms with van der Waals surface area (Å²) in [4.78, 5) is 4.12. The van der Waals surface area contributed by atoms with Crippen LogP contribution in [0.3, 0.4) is 0 Å². The molecule has 0 atom stereocenters. The first-order valence-electron chi connectivity index (χ1n) is 3.29. The fourth-order valence-corrected chi connectivity index (χ4v) is 1.21. The Balaban J connectivity index is 2.91. The third kappa shape index (κ3) is 1.08. The molecule has 0 fully saturated rings. The van der Waals surface area contributed by atoms with Crippen LogP contribution in [-0.2, 0) is 0 Å². The average Bonchev–Trinajstić information content (AvgIpc) is 2.06. The van der Waals surface area contributed by atoms with E-state index in [1.807, 2.05) is 12.1 Å². The fourth-order valence-electron chi connectivity index (χ4n) is 0.996. The number of halogens is 1. The monoisotopic (exact) mass is 162 g/mol. The normalized spacial score (nSPS) is 10.3. The Morgan fingerprint density at radius 2 is 2.27 bits per heavy atom. The van der Waals surface area contributed by atoms with Crippen molar-refractivity contribution in [2.24, 2.45) is 0 Å². The van der Waals surface area contributed by atoms with E-state index in [0.717, 1.165) is 10.9 Å². The molecule has 1 heterocycles. The lowest BCUT2D eigenvalue weighted by Crippen LogP contribution is -1.77. The molecule has 1 radical (unpaired) electrons. The SMILES string of the molecule is Clc1cc[c]c2cccnc12. The second-order valence-electron chi connectivity index (χ2n) is 2.23. The van der Waals surface area contributed by atoms with Gasteiger partial charge in [0.05, 0.1) is 10.5 Å². The zero-order valence-corrected chi connectivity index (χ0v) is 6.47. The molecule has 11 heavy (non-hydrogen) atoms. The van der Waals surface area contributed by atoms with Crippen LogP contribution in [0.5, 0.6) is 0 Å². The lowest BCUT2D eigenvalue weighted by molar-refractivity contribution is 1.41. The van der Waals surface area contributed by atoms with Gasteiger partial charge >= 0.3 is 0 Å². The highest BCUT2D eigenvalue weighted by atomic mass is 35.5. The number of nitrogens with zero attached hydrogens (tertiary/aromatic N) is 1. The van der Waals surface area contributed by atoms with Crippen LogP contribution < -0.4 is 0 Å². The fraction of sp³-hybridized carbons (Fsp3) is 0. The van der Waals surface area contributed by atoms with Gasteiger partial charge in [0.25, 0.3) is 0 Å². The minimum absolute atomic E-state index is 0.680. The number of fused-ring (bicyclic) bond motifs is 1. The van der Waals surface area contributed by atoms with Crippen LogP contribution in [0.2, 0.25) is 5.02 Å². The summed E-state index contributed by atoms with van der Waals surface area (Å²) in [6, 6.07) is 10.4. The van der Waals surface area contributed by atoms with E-state index in [0.29, 0.717) is 5.02 Å². The van der Waals surface area contributed by atoms with Gasteiger partial charge in [-0.2, -0.15) is 0 Å². The van der Waals surface area contributed by atoms with Crippen LogP contribution in [0.4, 0.5) is 0 Å². The zero-order valence-electron chi connectivity index (χ0n) is 5.71. The average molecular weight is 163 g/mol. The van der Waals surface area contributed by atoms with E-state index in [1.165, 1.54) is 0 Å². The summed E-state index contributed by atoms with van der Waals surface area (Å²) in [6.45, 7) is 0. The molecule has 0 spiro atoms. The lowest BCUT2D eigenvalue weighted by atomic mass is 10.2. The van der Waals surface area contributed by atoms with Gasteiger partial charge in [-0.25, -0.2) is 0 Å². The Hall–Kier alpha value is -1.08. The van der Waals surface area contributed by atoms with E-state index in [-0.39, 0.29) is 0 Å². The molecule has 0 saturated heterocycles. The molecule has 0 amide bonds. The second-order valence-corrected chi connectivity index (χ2v) is 2.63. The standard InChI is InChI=1S/C9H5ClN/c10-8-5-1-3-7-4-2-6-11-9(7)8/h1-2,4-6H. The predicted octanol–water partition coefficient (Wildman–Crippen LogP) is 2.69. The van der Waals surface area contributed by atoms with E-state index in [9.17, 15) is 0 Å². The van der Waals surface area contributed by atoms with Crippen molar-refractivity contribution < 1.29 is 0 Å². The van der Waals surface area contributed by atoms with Crippen molar-refractivity contribution in [2.45, 2.75) is 0 Å². The largest absolute Gasteiger partial charge is 0.255 e. The summed E-state index contributed by atoms with van der Waals surface area (Å²) in [6.07, 6.45) is 1.72. The highest BCUT2D eigenvalue weighted by molar-refractivity contribution is 6.34. The molecular weight excluding hydrogens is 158 g/mol. The molecule has 1 nitrogen and oxygen atoms in total. The maximum absolute atomic E-state index is 5.87. The Kier molecular flexibility index (Phi) is 1.51. The molecule has 0 unspecified atom stereocenters. The Bertz CT molecular complexity index is 379. The van der Waals surface area contributed by atoms with Crippen LogP contribution in [0.15, 0.2) is 30.5 Å². The maximum Gasteiger partial charge on any atom is 0.0894 e. The molecule has 0 saturated carbocycles. The van der Waals surface area contributed by atoms with Gasteiger partial charge in [0.15, 0.2) is 0 Å². The molecule has 0 N–H and O–H groups in total. The van der Waals surface area contributed by atoms with Crippen LogP contribution in [0, 0.1) is 6.07 Å². The highest BCUT2D eigenvalue weighted by Gasteiger charge is 1.96. The number of pyridine rings is 1. The number of hydrogen-bond acceptors (Lipinski definition) is 1. The van der Waals surface area contributed by atoms with Crippen molar-refractivity contribution in [2.75, 3.05) is 0 Å². The quantitative estimate of drug-likeness (QED) is 0.581. The highest BCUT2D eigenvalue weighted by Crippen LogP contribution is 2.19. The molecule has 0 aliphatic rings. The van der Waals surface area contributed by atoms with Gasteiger partial charge in [-0.3, -0.25) is 4.98 Å². The van der Waals surface area contributed by atoms with Crippen LogP contribution in [0.25, 0.3) is 10.9 Å². The molecule has 2 rings (SSSR count). The van der Waals surface area contributed by atoms with Gasteiger partial charge in [0, 0.05) is 11.6 Å². The third-order valence-electron chi connectivity index (χ3n) is 1.50. The number of benzene rings is 1. The Labute approximate surface area is 69.6 Å². The summed E-state index contributed by atoms with van der Waals surface area (Å²) < 4.78 is 0. The predicted molar refractivity (Wildman–Crippen MR) is 45.6 cm³/mol. The maximum atomic E-state index is 5.87. The topological polar surface area (TPSA) is 12.9 Å².